The number of carbonyl (C=O) groups is 1. The number of allylic oxidation sites excluding steroid dienone is 2. The van der Waals surface area contributed by atoms with Crippen LogP contribution in [-0.4, -0.2) is 69.1 Å². The molecule has 0 aromatic carbocycles. The Bertz CT molecular complexity index is 564. The summed E-state index contributed by atoms with van der Waals surface area (Å²) in [5.74, 6) is 1.86. The van der Waals surface area contributed by atoms with Gasteiger partial charge in [0.05, 0.1) is 6.61 Å². The number of rotatable bonds is 21. The van der Waals surface area contributed by atoms with Gasteiger partial charge >= 0.3 is 5.97 Å². The van der Waals surface area contributed by atoms with Crippen LogP contribution in [0.25, 0.3) is 0 Å². The van der Waals surface area contributed by atoms with Crippen molar-refractivity contribution < 1.29 is 35.1 Å². The molecule has 0 aliphatic rings. The normalized spacial score (nSPS) is 17.6. The lowest BCUT2D eigenvalue weighted by molar-refractivity contribution is -0.156. The summed E-state index contributed by atoms with van der Waals surface area (Å²) in [6.07, 6.45) is 7.49. The van der Waals surface area contributed by atoms with E-state index >= 15 is 0 Å². The summed E-state index contributed by atoms with van der Waals surface area (Å²) in [5.41, 5.74) is 1.25. The van der Waals surface area contributed by atoms with Crippen LogP contribution in [0.15, 0.2) is 11.6 Å². The number of ether oxygens (including phenoxy) is 1. The van der Waals surface area contributed by atoms with Gasteiger partial charge in [-0.3, -0.25) is 4.79 Å². The molecule has 0 spiro atoms. The van der Waals surface area contributed by atoms with Gasteiger partial charge in [-0.15, -0.1) is 0 Å². The van der Waals surface area contributed by atoms with Gasteiger partial charge in [-0.25, -0.2) is 0 Å². The highest BCUT2D eigenvalue weighted by Gasteiger charge is 2.30. The van der Waals surface area contributed by atoms with Gasteiger partial charge in [-0.05, 0) is 43.9 Å². The Balaban J connectivity index is 3.94. The number of aliphatic hydroxyl groups is 5. The van der Waals surface area contributed by atoms with E-state index in [2.05, 4.69) is 34.6 Å². The predicted molar refractivity (Wildman–Crippen MR) is 140 cm³/mol. The smallest absolute Gasteiger partial charge is 0.306 e. The van der Waals surface area contributed by atoms with E-state index in [1.54, 1.807) is 0 Å². The van der Waals surface area contributed by atoms with Gasteiger partial charge in [0.15, 0.2) is 0 Å². The first-order chi connectivity index (χ1) is 16.5. The molecular weight excluding hydrogens is 448 g/mol. The first-order valence-electron chi connectivity index (χ1n) is 13.6. The second-order valence-corrected chi connectivity index (χ2v) is 10.9. The fourth-order valence-corrected chi connectivity index (χ4v) is 4.16. The van der Waals surface area contributed by atoms with Crippen LogP contribution >= 0.6 is 0 Å². The van der Waals surface area contributed by atoms with Crippen molar-refractivity contribution in [2.45, 2.75) is 130 Å². The minimum Gasteiger partial charge on any atom is -0.463 e. The summed E-state index contributed by atoms with van der Waals surface area (Å²) in [5, 5.41) is 47.1. The second-order valence-electron chi connectivity index (χ2n) is 10.9. The van der Waals surface area contributed by atoms with Crippen LogP contribution in [0, 0.1) is 17.8 Å². The number of hydrogen-bond acceptors (Lipinski definition) is 7. The lowest BCUT2D eigenvalue weighted by Gasteiger charge is -2.25. The molecule has 0 radical (unpaired) electrons. The molecular formula is C28H54O7. The van der Waals surface area contributed by atoms with Crippen molar-refractivity contribution in [3.63, 3.8) is 0 Å². The molecule has 5 N–H and O–H groups in total. The zero-order valence-corrected chi connectivity index (χ0v) is 22.9. The summed E-state index contributed by atoms with van der Waals surface area (Å²) < 4.78 is 4.94. The number of esters is 1. The van der Waals surface area contributed by atoms with Crippen molar-refractivity contribution >= 4 is 5.97 Å². The van der Waals surface area contributed by atoms with Crippen LogP contribution < -0.4 is 0 Å². The molecule has 0 aromatic rings. The van der Waals surface area contributed by atoms with Crippen LogP contribution in [0.5, 0.6) is 0 Å². The molecule has 0 aliphatic heterocycles. The molecule has 0 heterocycles. The monoisotopic (exact) mass is 502 g/mol. The largest absolute Gasteiger partial charge is 0.463 e. The van der Waals surface area contributed by atoms with Gasteiger partial charge in [0, 0.05) is 6.42 Å². The first-order valence-corrected chi connectivity index (χ1v) is 13.6. The molecule has 0 saturated heterocycles. The predicted octanol–water partition coefficient (Wildman–Crippen LogP) is 4.13. The van der Waals surface area contributed by atoms with E-state index in [9.17, 15) is 25.2 Å². The third kappa shape index (κ3) is 18.0. The zero-order valence-electron chi connectivity index (χ0n) is 22.9. The minimum atomic E-state index is -1.73. The molecule has 0 saturated carbocycles. The van der Waals surface area contributed by atoms with Gasteiger partial charge in [-0.2, -0.15) is 0 Å². The molecule has 0 fully saturated rings. The van der Waals surface area contributed by atoms with Crippen molar-refractivity contribution in [2.24, 2.45) is 17.8 Å². The maximum Gasteiger partial charge on any atom is 0.306 e. The van der Waals surface area contributed by atoms with E-state index in [1.807, 2.05) is 6.08 Å². The average molecular weight is 503 g/mol. The van der Waals surface area contributed by atoms with Crippen molar-refractivity contribution in [3.8, 4) is 0 Å². The molecule has 0 rings (SSSR count). The Kier molecular flexibility index (Phi) is 19.5. The molecule has 7 heteroatoms. The molecule has 0 aromatic heterocycles. The third-order valence-corrected chi connectivity index (χ3v) is 6.72. The Hall–Kier alpha value is -0.990. The van der Waals surface area contributed by atoms with Crippen LogP contribution in [-0.2, 0) is 9.53 Å². The number of aliphatic hydroxyl groups excluding tert-OH is 5. The van der Waals surface area contributed by atoms with Crippen molar-refractivity contribution in [3.05, 3.63) is 11.6 Å². The van der Waals surface area contributed by atoms with Crippen molar-refractivity contribution in [2.75, 3.05) is 13.2 Å². The van der Waals surface area contributed by atoms with Crippen LogP contribution in [0.4, 0.5) is 0 Å². The zero-order chi connectivity index (χ0) is 26.8. The van der Waals surface area contributed by atoms with Gasteiger partial charge in [0.1, 0.15) is 31.0 Å². The second kappa shape index (κ2) is 20.1. The summed E-state index contributed by atoms with van der Waals surface area (Å²) in [7, 11) is 0. The quantitative estimate of drug-likeness (QED) is 0.118. The molecule has 35 heavy (non-hydrogen) atoms. The van der Waals surface area contributed by atoms with Crippen LogP contribution in [0.2, 0.25) is 0 Å². The Morgan fingerprint density at radius 1 is 0.771 bits per heavy atom. The maximum atomic E-state index is 11.9. The van der Waals surface area contributed by atoms with E-state index in [4.69, 9.17) is 9.84 Å². The highest BCUT2D eigenvalue weighted by molar-refractivity contribution is 5.69. The summed E-state index contributed by atoms with van der Waals surface area (Å²) in [6, 6.07) is 0. The van der Waals surface area contributed by atoms with Gasteiger partial charge in [0.2, 0.25) is 0 Å². The number of hydrogen-bond donors (Lipinski definition) is 5. The average Bonchev–Trinajstić information content (AvgIpc) is 2.80. The van der Waals surface area contributed by atoms with E-state index in [1.165, 1.54) is 50.5 Å². The molecule has 7 nitrogen and oxygen atoms in total. The molecule has 0 bridgehead atoms. The van der Waals surface area contributed by atoms with Gasteiger partial charge in [0.25, 0.3) is 0 Å². The maximum absolute atomic E-state index is 11.9. The SMILES string of the molecule is C/C(=C\CCC(=O)OC[C@@H](O)[C@@H](O)[C@H](O)[C@H](O)CO)CCCC(C)CCCC(C)CCCC(C)C. The number of carbonyl (C=O) groups excluding carboxylic acids is 1. The molecule has 0 amide bonds. The minimum absolute atomic E-state index is 0.160. The standard InChI is InChI=1S/C28H54O7/c1-20(2)10-6-11-21(3)12-7-13-22(4)14-8-15-23(5)16-9-17-26(32)35-19-25(31)28(34)27(33)24(30)18-29/h16,20-22,24-25,27-31,33-34H,6-15,17-19H2,1-5H3/b23-16+/t21?,22?,24-,25-,27-,28-/m1/s1. The van der Waals surface area contributed by atoms with E-state index in [-0.39, 0.29) is 6.42 Å². The topological polar surface area (TPSA) is 127 Å². The fraction of sp³-hybridized carbons (Fsp3) is 0.893. The summed E-state index contributed by atoms with van der Waals surface area (Å²) >= 11 is 0. The van der Waals surface area contributed by atoms with Gasteiger partial charge in [-0.1, -0.05) is 84.3 Å². The highest BCUT2D eigenvalue weighted by atomic mass is 16.5. The van der Waals surface area contributed by atoms with E-state index in [0.717, 1.165) is 30.6 Å². The summed E-state index contributed by atoms with van der Waals surface area (Å²) in [6.45, 7) is 10.1. The lowest BCUT2D eigenvalue weighted by Crippen LogP contribution is -2.47. The lowest BCUT2D eigenvalue weighted by atomic mass is 9.91. The molecule has 0 aliphatic carbocycles. The Labute approximate surface area is 213 Å². The fourth-order valence-electron chi connectivity index (χ4n) is 4.16. The van der Waals surface area contributed by atoms with Gasteiger partial charge < -0.3 is 30.3 Å². The molecule has 208 valence electrons. The van der Waals surface area contributed by atoms with Crippen LogP contribution in [0.1, 0.15) is 105 Å². The first kappa shape index (κ1) is 34.0. The van der Waals surface area contributed by atoms with E-state index < -0.39 is 43.6 Å². The highest BCUT2D eigenvalue weighted by Crippen LogP contribution is 2.22. The van der Waals surface area contributed by atoms with Crippen molar-refractivity contribution in [1.29, 1.82) is 0 Å². The summed E-state index contributed by atoms with van der Waals surface area (Å²) in [4.78, 5) is 11.9. The molecule has 6 atom stereocenters. The van der Waals surface area contributed by atoms with Crippen LogP contribution in [0.3, 0.4) is 0 Å². The Morgan fingerprint density at radius 3 is 1.83 bits per heavy atom. The Morgan fingerprint density at radius 2 is 1.29 bits per heavy atom. The van der Waals surface area contributed by atoms with E-state index in [0.29, 0.717) is 6.42 Å². The van der Waals surface area contributed by atoms with Crippen molar-refractivity contribution in [1.82, 2.24) is 0 Å². The third-order valence-electron chi connectivity index (χ3n) is 6.72. The molecule has 2 unspecified atom stereocenters.